The molecule has 0 aliphatic carbocycles. The van der Waals surface area contributed by atoms with Gasteiger partial charge in [-0.3, -0.25) is 4.79 Å². The van der Waals surface area contributed by atoms with Crippen molar-refractivity contribution < 1.29 is 14.3 Å². The standard InChI is InChI=1S/C28H34N2O3/c1-21-9-8-12-24(19-21)28(31)30(22(2)13-14-23-10-6-5-7-11-23)18-17-25-15-16-26(32-3)20-27(29-25)33-4/h5-12,15-17,19,22,26H,13-14,18,20H2,1-4H3/b25-17+. The second-order valence-corrected chi connectivity index (χ2v) is 8.38. The molecular weight excluding hydrogens is 412 g/mol. The predicted molar refractivity (Wildman–Crippen MR) is 134 cm³/mol. The molecule has 1 heterocycles. The highest BCUT2D eigenvalue weighted by Crippen LogP contribution is 2.18. The van der Waals surface area contributed by atoms with E-state index in [1.54, 1.807) is 14.2 Å². The SMILES string of the molecule is COC1=N/C(=C/CN(C(=O)c2cccc(C)c2)C(C)CCc2ccccc2)C=CC(OC)C1. The van der Waals surface area contributed by atoms with Gasteiger partial charge in [-0.2, -0.15) is 0 Å². The van der Waals surface area contributed by atoms with Gasteiger partial charge < -0.3 is 14.4 Å². The van der Waals surface area contributed by atoms with Gasteiger partial charge >= 0.3 is 0 Å². The molecule has 2 atom stereocenters. The van der Waals surface area contributed by atoms with Crippen molar-refractivity contribution in [1.29, 1.82) is 0 Å². The number of nitrogens with zero attached hydrogens (tertiary/aromatic N) is 2. The van der Waals surface area contributed by atoms with E-state index in [1.165, 1.54) is 5.56 Å². The maximum atomic E-state index is 13.5. The van der Waals surface area contributed by atoms with E-state index in [2.05, 4.69) is 36.2 Å². The van der Waals surface area contributed by atoms with Crippen molar-refractivity contribution in [3.8, 4) is 0 Å². The third-order valence-electron chi connectivity index (χ3n) is 5.90. The molecule has 2 aromatic carbocycles. The number of aliphatic imine (C=N–C) groups is 1. The molecule has 0 saturated heterocycles. The van der Waals surface area contributed by atoms with Gasteiger partial charge in [0.25, 0.3) is 5.91 Å². The molecule has 5 heteroatoms. The Balaban J connectivity index is 1.82. The lowest BCUT2D eigenvalue weighted by molar-refractivity contribution is 0.0708. The number of carbonyl (C=O) groups is 1. The average molecular weight is 447 g/mol. The molecule has 2 aromatic rings. The molecule has 0 saturated carbocycles. The Kier molecular flexibility index (Phi) is 9.02. The molecule has 2 unspecified atom stereocenters. The van der Waals surface area contributed by atoms with Crippen LogP contribution in [0.1, 0.15) is 41.3 Å². The van der Waals surface area contributed by atoms with E-state index in [-0.39, 0.29) is 18.1 Å². The summed E-state index contributed by atoms with van der Waals surface area (Å²) in [6.45, 7) is 4.58. The summed E-state index contributed by atoms with van der Waals surface area (Å²) in [6, 6.07) is 18.2. The molecule has 0 radical (unpaired) electrons. The summed E-state index contributed by atoms with van der Waals surface area (Å²) in [4.78, 5) is 20.1. The summed E-state index contributed by atoms with van der Waals surface area (Å²) in [5.74, 6) is 0.645. The Bertz CT molecular complexity index is 1010. The Hall–Kier alpha value is -3.18. The van der Waals surface area contributed by atoms with Crippen LogP contribution in [0.3, 0.4) is 0 Å². The van der Waals surface area contributed by atoms with E-state index in [4.69, 9.17) is 9.47 Å². The van der Waals surface area contributed by atoms with Crippen LogP contribution < -0.4 is 0 Å². The highest BCUT2D eigenvalue weighted by Gasteiger charge is 2.21. The molecule has 3 rings (SSSR count). The second kappa shape index (κ2) is 12.2. The average Bonchev–Trinajstić information content (AvgIpc) is 3.05. The second-order valence-electron chi connectivity index (χ2n) is 8.38. The van der Waals surface area contributed by atoms with Gasteiger partial charge in [-0.05, 0) is 56.5 Å². The minimum atomic E-state index is -0.0792. The van der Waals surface area contributed by atoms with Gasteiger partial charge in [0, 0.05) is 25.3 Å². The largest absolute Gasteiger partial charge is 0.484 e. The van der Waals surface area contributed by atoms with Gasteiger partial charge in [0.15, 0.2) is 5.90 Å². The van der Waals surface area contributed by atoms with Crippen LogP contribution in [0.4, 0.5) is 0 Å². The van der Waals surface area contributed by atoms with E-state index >= 15 is 0 Å². The minimum Gasteiger partial charge on any atom is -0.484 e. The number of methoxy groups -OCH3 is 2. The Morgan fingerprint density at radius 2 is 1.97 bits per heavy atom. The normalized spacial score (nSPS) is 17.9. The zero-order valence-corrected chi connectivity index (χ0v) is 20.0. The number of ether oxygens (including phenoxy) is 2. The van der Waals surface area contributed by atoms with Crippen LogP contribution in [0.25, 0.3) is 0 Å². The van der Waals surface area contributed by atoms with Crippen LogP contribution in [-0.4, -0.2) is 49.6 Å². The lowest BCUT2D eigenvalue weighted by atomic mass is 10.0. The monoisotopic (exact) mass is 446 g/mol. The topological polar surface area (TPSA) is 51.1 Å². The fraction of sp³-hybridized carbons (Fsp3) is 0.357. The Morgan fingerprint density at radius 1 is 1.18 bits per heavy atom. The molecule has 1 aliphatic heterocycles. The molecule has 0 aromatic heterocycles. The van der Waals surface area contributed by atoms with Crippen LogP contribution in [0.5, 0.6) is 0 Å². The van der Waals surface area contributed by atoms with E-state index in [0.717, 1.165) is 24.1 Å². The molecular formula is C28H34N2O3. The van der Waals surface area contributed by atoms with Crippen LogP contribution >= 0.6 is 0 Å². The first-order chi connectivity index (χ1) is 16.0. The highest BCUT2D eigenvalue weighted by atomic mass is 16.5. The van der Waals surface area contributed by atoms with Gasteiger partial charge in [-0.25, -0.2) is 4.99 Å². The fourth-order valence-electron chi connectivity index (χ4n) is 3.85. The quantitative estimate of drug-likeness (QED) is 0.548. The number of carbonyl (C=O) groups excluding carboxylic acids is 1. The molecule has 0 bridgehead atoms. The molecule has 33 heavy (non-hydrogen) atoms. The van der Waals surface area contributed by atoms with Gasteiger partial charge in [0.05, 0.1) is 25.3 Å². The minimum absolute atomic E-state index is 0.0272. The third kappa shape index (κ3) is 7.16. The summed E-state index contributed by atoms with van der Waals surface area (Å²) < 4.78 is 10.9. The molecule has 1 amide bonds. The lowest BCUT2D eigenvalue weighted by Crippen LogP contribution is -2.39. The van der Waals surface area contributed by atoms with Crippen molar-refractivity contribution in [3.05, 3.63) is 95.2 Å². The van der Waals surface area contributed by atoms with Crippen LogP contribution in [0.2, 0.25) is 0 Å². The van der Waals surface area contributed by atoms with Gasteiger partial charge in [-0.1, -0.05) is 54.1 Å². The van der Waals surface area contributed by atoms with Gasteiger partial charge in [0.1, 0.15) is 0 Å². The van der Waals surface area contributed by atoms with E-state index in [0.29, 0.717) is 24.4 Å². The number of allylic oxidation sites excluding steroid dienone is 1. The number of amides is 1. The number of aryl methyl sites for hydroxylation is 2. The summed E-state index contributed by atoms with van der Waals surface area (Å²) in [7, 11) is 3.29. The van der Waals surface area contributed by atoms with Crippen molar-refractivity contribution in [2.45, 2.75) is 45.3 Å². The Morgan fingerprint density at radius 3 is 2.67 bits per heavy atom. The zero-order chi connectivity index (χ0) is 23.6. The zero-order valence-electron chi connectivity index (χ0n) is 20.0. The summed E-state index contributed by atoms with van der Waals surface area (Å²) in [6.07, 6.45) is 8.19. The Labute approximate surface area is 197 Å². The lowest BCUT2D eigenvalue weighted by Gasteiger charge is -2.29. The maximum absolute atomic E-state index is 13.5. The number of benzene rings is 2. The smallest absolute Gasteiger partial charge is 0.254 e. The third-order valence-corrected chi connectivity index (χ3v) is 5.90. The van der Waals surface area contributed by atoms with Crippen molar-refractivity contribution in [3.63, 3.8) is 0 Å². The van der Waals surface area contributed by atoms with Gasteiger partial charge in [0.2, 0.25) is 0 Å². The van der Waals surface area contributed by atoms with Crippen molar-refractivity contribution in [2.24, 2.45) is 4.99 Å². The van der Waals surface area contributed by atoms with Crippen molar-refractivity contribution in [2.75, 3.05) is 20.8 Å². The molecule has 174 valence electrons. The van der Waals surface area contributed by atoms with E-state index in [9.17, 15) is 4.79 Å². The molecule has 0 spiro atoms. The number of hydrogen-bond acceptors (Lipinski definition) is 4. The highest BCUT2D eigenvalue weighted by molar-refractivity contribution is 5.94. The number of hydrogen-bond donors (Lipinski definition) is 0. The predicted octanol–water partition coefficient (Wildman–Crippen LogP) is 5.36. The van der Waals surface area contributed by atoms with E-state index in [1.807, 2.05) is 60.4 Å². The van der Waals surface area contributed by atoms with E-state index < -0.39 is 0 Å². The first-order valence-electron chi connectivity index (χ1n) is 11.4. The first-order valence-corrected chi connectivity index (χ1v) is 11.4. The molecule has 1 aliphatic rings. The maximum Gasteiger partial charge on any atom is 0.254 e. The summed E-state index contributed by atoms with van der Waals surface area (Å²) in [5, 5.41) is 0. The van der Waals surface area contributed by atoms with Crippen LogP contribution in [0.15, 0.2) is 83.5 Å². The number of rotatable bonds is 8. The molecule has 0 N–H and O–H groups in total. The van der Waals surface area contributed by atoms with Gasteiger partial charge in [-0.15, -0.1) is 0 Å². The summed E-state index contributed by atoms with van der Waals surface area (Å²) >= 11 is 0. The van der Waals surface area contributed by atoms with Crippen molar-refractivity contribution >= 4 is 11.8 Å². The first kappa shape index (κ1) is 24.5. The fourth-order valence-corrected chi connectivity index (χ4v) is 3.85. The summed E-state index contributed by atoms with van der Waals surface area (Å²) in [5.41, 5.74) is 3.82. The molecule has 0 fully saturated rings. The van der Waals surface area contributed by atoms with Crippen LogP contribution in [0, 0.1) is 6.92 Å². The molecule has 5 nitrogen and oxygen atoms in total. The van der Waals surface area contributed by atoms with Crippen LogP contribution in [-0.2, 0) is 15.9 Å². The van der Waals surface area contributed by atoms with Crippen molar-refractivity contribution in [1.82, 2.24) is 4.90 Å².